The maximum Gasteiger partial charge on any atom is 0.191 e. The molecule has 0 saturated carbocycles. The number of ether oxygens (including phenoxy) is 1. The van der Waals surface area contributed by atoms with Gasteiger partial charge in [-0.15, -0.1) is 10.2 Å². The lowest BCUT2D eigenvalue weighted by Gasteiger charge is -2.11. The molecule has 3 aromatic rings. The van der Waals surface area contributed by atoms with Crippen molar-refractivity contribution in [3.05, 3.63) is 69.8 Å². The first-order chi connectivity index (χ1) is 13.0. The fourth-order valence-corrected chi connectivity index (χ4v) is 3.84. The molecule has 0 N–H and O–H groups in total. The van der Waals surface area contributed by atoms with Crippen molar-refractivity contribution in [2.24, 2.45) is 0 Å². The second-order valence-corrected chi connectivity index (χ2v) is 7.54. The monoisotopic (exact) mass is 405 g/mol. The molecule has 2 aromatic carbocycles. The van der Waals surface area contributed by atoms with Crippen LogP contribution in [-0.2, 0) is 18.9 Å². The van der Waals surface area contributed by atoms with Crippen molar-refractivity contribution in [1.82, 2.24) is 14.8 Å². The molecule has 0 aliphatic heterocycles. The van der Waals surface area contributed by atoms with Crippen molar-refractivity contribution in [1.29, 1.82) is 0 Å². The Morgan fingerprint density at radius 3 is 2.56 bits per heavy atom. The van der Waals surface area contributed by atoms with Crippen LogP contribution in [0.5, 0.6) is 5.75 Å². The number of benzene rings is 2. The van der Waals surface area contributed by atoms with E-state index < -0.39 is 0 Å². The Morgan fingerprint density at radius 1 is 1.15 bits per heavy atom. The van der Waals surface area contributed by atoms with E-state index in [0.717, 1.165) is 45.0 Å². The van der Waals surface area contributed by atoms with Gasteiger partial charge in [-0.1, -0.05) is 35.5 Å². The molecule has 0 bridgehead atoms. The first-order valence-corrected chi connectivity index (χ1v) is 10.0. The minimum atomic E-state index is -0.229. The largest absolute Gasteiger partial charge is 0.486 e. The lowest BCUT2D eigenvalue weighted by atomic mass is 10.1. The van der Waals surface area contributed by atoms with Gasteiger partial charge >= 0.3 is 0 Å². The summed E-state index contributed by atoms with van der Waals surface area (Å²) in [6, 6.07) is 10.4. The summed E-state index contributed by atoms with van der Waals surface area (Å²) in [4.78, 5) is 0. The fourth-order valence-electron chi connectivity index (χ4n) is 2.76. The van der Waals surface area contributed by atoms with Crippen molar-refractivity contribution in [3.63, 3.8) is 0 Å². The highest BCUT2D eigenvalue weighted by Gasteiger charge is 2.13. The topological polar surface area (TPSA) is 39.9 Å². The van der Waals surface area contributed by atoms with E-state index >= 15 is 0 Å². The summed E-state index contributed by atoms with van der Waals surface area (Å²) in [5.74, 6) is 1.91. The normalized spacial score (nSPS) is 11.0. The number of hydrogen-bond acceptors (Lipinski definition) is 4. The highest BCUT2D eigenvalue weighted by molar-refractivity contribution is 7.98. The van der Waals surface area contributed by atoms with E-state index in [1.54, 1.807) is 6.07 Å². The van der Waals surface area contributed by atoms with Gasteiger partial charge in [-0.25, -0.2) is 4.39 Å². The molecule has 1 heterocycles. The van der Waals surface area contributed by atoms with Crippen LogP contribution < -0.4 is 4.74 Å². The van der Waals surface area contributed by atoms with Crippen molar-refractivity contribution < 1.29 is 9.13 Å². The molecule has 0 radical (unpaired) electrons. The van der Waals surface area contributed by atoms with Crippen LogP contribution in [0.25, 0.3) is 0 Å². The molecule has 0 saturated heterocycles. The first-order valence-electron chi connectivity index (χ1n) is 8.66. The molecule has 0 amide bonds. The molecule has 0 aliphatic rings. The molecule has 0 atom stereocenters. The van der Waals surface area contributed by atoms with E-state index in [1.165, 1.54) is 23.9 Å². The van der Waals surface area contributed by atoms with Crippen LogP contribution in [0.1, 0.15) is 29.4 Å². The summed E-state index contributed by atoms with van der Waals surface area (Å²) in [7, 11) is 0. The minimum Gasteiger partial charge on any atom is -0.486 e. The molecule has 7 heteroatoms. The highest BCUT2D eigenvalue weighted by atomic mass is 35.5. The van der Waals surface area contributed by atoms with Crippen LogP contribution in [0.15, 0.2) is 41.6 Å². The Hall–Kier alpha value is -2.05. The van der Waals surface area contributed by atoms with E-state index in [2.05, 4.69) is 10.2 Å². The Labute approximate surface area is 167 Å². The SMILES string of the molecule is CCn1c(COc2cc(C)c(Cl)c(C)c2)nnc1SCc1cccc(F)c1. The number of thioether (sulfide) groups is 1. The van der Waals surface area contributed by atoms with E-state index in [4.69, 9.17) is 16.3 Å². The number of rotatable bonds is 7. The summed E-state index contributed by atoms with van der Waals surface area (Å²) in [5, 5.41) is 10.1. The molecular weight excluding hydrogens is 385 g/mol. The number of hydrogen-bond donors (Lipinski definition) is 0. The van der Waals surface area contributed by atoms with Crippen LogP contribution in [-0.4, -0.2) is 14.8 Å². The lowest BCUT2D eigenvalue weighted by molar-refractivity contribution is 0.288. The van der Waals surface area contributed by atoms with Gasteiger partial charge in [0.1, 0.15) is 18.2 Å². The third kappa shape index (κ3) is 4.82. The van der Waals surface area contributed by atoms with Gasteiger partial charge in [0.2, 0.25) is 0 Å². The van der Waals surface area contributed by atoms with Crippen molar-refractivity contribution in [2.45, 2.75) is 44.8 Å². The maximum atomic E-state index is 13.3. The number of nitrogens with zero attached hydrogens (tertiary/aromatic N) is 3. The summed E-state index contributed by atoms with van der Waals surface area (Å²) < 4.78 is 21.2. The van der Waals surface area contributed by atoms with Gasteiger partial charge in [-0.3, -0.25) is 0 Å². The number of aromatic nitrogens is 3. The number of aryl methyl sites for hydroxylation is 2. The summed E-state index contributed by atoms with van der Waals surface area (Å²) >= 11 is 7.74. The standard InChI is InChI=1S/C20H21ClFN3OS/c1-4-25-18(11-26-17-8-13(2)19(21)14(3)9-17)23-24-20(25)27-12-15-6-5-7-16(22)10-15/h5-10H,4,11-12H2,1-3H3. The molecule has 0 unspecified atom stereocenters. The quantitative estimate of drug-likeness (QED) is 0.481. The van der Waals surface area contributed by atoms with Crippen molar-refractivity contribution >= 4 is 23.4 Å². The molecule has 4 nitrogen and oxygen atoms in total. The zero-order valence-electron chi connectivity index (χ0n) is 15.5. The molecule has 0 aliphatic carbocycles. The van der Waals surface area contributed by atoms with Gasteiger partial charge in [0.25, 0.3) is 0 Å². The molecule has 142 valence electrons. The van der Waals surface area contributed by atoms with E-state index in [0.29, 0.717) is 12.4 Å². The average Bonchev–Trinajstić information content (AvgIpc) is 3.04. The summed E-state index contributed by atoms with van der Waals surface area (Å²) in [6.45, 7) is 7.00. The third-order valence-electron chi connectivity index (χ3n) is 4.14. The van der Waals surface area contributed by atoms with Gasteiger partial charge in [0.05, 0.1) is 0 Å². The zero-order valence-corrected chi connectivity index (χ0v) is 17.1. The fraction of sp³-hybridized carbons (Fsp3) is 0.300. The van der Waals surface area contributed by atoms with Gasteiger partial charge in [-0.2, -0.15) is 0 Å². The van der Waals surface area contributed by atoms with Gasteiger partial charge in [0.15, 0.2) is 11.0 Å². The first kappa shape index (κ1) is 19.7. The number of halogens is 2. The summed E-state index contributed by atoms with van der Waals surface area (Å²) in [5.41, 5.74) is 2.88. The Bertz CT molecular complexity index is 922. The lowest BCUT2D eigenvalue weighted by Crippen LogP contribution is -2.07. The van der Waals surface area contributed by atoms with Crippen LogP contribution in [0.2, 0.25) is 5.02 Å². The Balaban J connectivity index is 1.68. The van der Waals surface area contributed by atoms with Crippen LogP contribution in [0.3, 0.4) is 0 Å². The predicted molar refractivity (Wildman–Crippen MR) is 107 cm³/mol. The van der Waals surface area contributed by atoms with Crippen molar-refractivity contribution in [3.8, 4) is 5.75 Å². The van der Waals surface area contributed by atoms with Gasteiger partial charge < -0.3 is 9.30 Å². The second-order valence-electron chi connectivity index (χ2n) is 6.22. The minimum absolute atomic E-state index is 0.229. The van der Waals surface area contributed by atoms with Gasteiger partial charge in [0, 0.05) is 17.3 Å². The molecule has 27 heavy (non-hydrogen) atoms. The molecule has 3 rings (SSSR count). The average molecular weight is 406 g/mol. The third-order valence-corrected chi connectivity index (χ3v) is 5.78. The smallest absolute Gasteiger partial charge is 0.191 e. The highest BCUT2D eigenvalue weighted by Crippen LogP contribution is 2.27. The molecular formula is C20H21ClFN3OS. The van der Waals surface area contributed by atoms with E-state index in [-0.39, 0.29) is 5.82 Å². The van der Waals surface area contributed by atoms with E-state index in [1.807, 2.05) is 43.5 Å². The van der Waals surface area contributed by atoms with Crippen LogP contribution in [0.4, 0.5) is 4.39 Å². The van der Waals surface area contributed by atoms with Gasteiger partial charge in [-0.05, 0) is 61.7 Å². The summed E-state index contributed by atoms with van der Waals surface area (Å²) in [6.07, 6.45) is 0. The van der Waals surface area contributed by atoms with Crippen molar-refractivity contribution in [2.75, 3.05) is 0 Å². The maximum absolute atomic E-state index is 13.3. The molecule has 0 spiro atoms. The van der Waals surface area contributed by atoms with E-state index in [9.17, 15) is 4.39 Å². The Morgan fingerprint density at radius 2 is 1.89 bits per heavy atom. The molecule has 0 fully saturated rings. The zero-order chi connectivity index (χ0) is 19.4. The predicted octanol–water partition coefficient (Wildman–Crippen LogP) is 5.58. The molecule has 1 aromatic heterocycles. The van der Waals surface area contributed by atoms with Crippen LogP contribution in [0, 0.1) is 19.7 Å². The van der Waals surface area contributed by atoms with Crippen LogP contribution >= 0.6 is 23.4 Å². The second kappa shape index (κ2) is 8.76. The Kier molecular flexibility index (Phi) is 6.39.